The lowest BCUT2D eigenvalue weighted by Crippen LogP contribution is -2.21. The lowest BCUT2D eigenvalue weighted by molar-refractivity contribution is 0.202. The molecule has 0 spiro atoms. The molecule has 0 aliphatic carbocycles. The van der Waals surface area contributed by atoms with Crippen molar-refractivity contribution >= 4 is 10.1 Å². The van der Waals surface area contributed by atoms with Crippen LogP contribution >= 0.6 is 0 Å². The molecule has 0 bridgehead atoms. The van der Waals surface area contributed by atoms with Crippen molar-refractivity contribution in [1.29, 1.82) is 0 Å². The highest BCUT2D eigenvalue weighted by molar-refractivity contribution is 7.86. The van der Waals surface area contributed by atoms with Gasteiger partial charge in [0.25, 0.3) is 0 Å². The number of hydrogen-bond donors (Lipinski definition) is 1. The summed E-state index contributed by atoms with van der Waals surface area (Å²) in [5, 5.41) is 0. The minimum atomic E-state index is -3.65. The molecule has 15 heavy (non-hydrogen) atoms. The van der Waals surface area contributed by atoms with E-state index in [9.17, 15) is 8.42 Å². The Kier molecular flexibility index (Phi) is 4.74. The molecule has 1 aromatic carbocycles. The smallest absolute Gasteiger partial charge is 0.192 e. The van der Waals surface area contributed by atoms with E-state index in [0.29, 0.717) is 6.54 Å². The summed E-state index contributed by atoms with van der Waals surface area (Å²) in [7, 11) is -3.65. The van der Waals surface area contributed by atoms with Gasteiger partial charge in [0.05, 0.1) is 4.90 Å². The van der Waals surface area contributed by atoms with Crippen LogP contribution in [-0.2, 0) is 14.4 Å². The summed E-state index contributed by atoms with van der Waals surface area (Å²) >= 11 is 0. The second-order valence-electron chi connectivity index (χ2n) is 3.10. The fourth-order valence-corrected chi connectivity index (χ4v) is 1.83. The van der Waals surface area contributed by atoms with Crippen molar-refractivity contribution in [2.24, 2.45) is 0 Å². The zero-order chi connectivity index (χ0) is 11.1. The van der Waals surface area contributed by atoms with Gasteiger partial charge in [0, 0.05) is 6.54 Å². The van der Waals surface area contributed by atoms with Crippen molar-refractivity contribution in [1.82, 2.24) is 5.48 Å². The van der Waals surface area contributed by atoms with E-state index in [-0.39, 0.29) is 4.90 Å². The lowest BCUT2D eigenvalue weighted by atomic mass is 10.3. The number of rotatable bonds is 6. The Balaban J connectivity index is 2.53. The molecule has 0 heterocycles. The maximum absolute atomic E-state index is 11.5. The van der Waals surface area contributed by atoms with Crippen LogP contribution in [0.15, 0.2) is 35.2 Å². The van der Waals surface area contributed by atoms with Gasteiger partial charge >= 0.3 is 10.1 Å². The van der Waals surface area contributed by atoms with Crippen LogP contribution in [0.5, 0.6) is 0 Å². The predicted molar refractivity (Wildman–Crippen MR) is 57.6 cm³/mol. The summed E-state index contributed by atoms with van der Waals surface area (Å²) in [4.78, 5) is 0.161. The van der Waals surface area contributed by atoms with Gasteiger partial charge in [-0.2, -0.15) is 18.2 Å². The summed E-state index contributed by atoms with van der Waals surface area (Å²) in [6, 6.07) is 8.06. The van der Waals surface area contributed by atoms with Gasteiger partial charge in [-0.25, -0.2) is 0 Å². The van der Waals surface area contributed by atoms with Crippen molar-refractivity contribution < 1.29 is 12.7 Å². The van der Waals surface area contributed by atoms with Gasteiger partial charge in [0.15, 0.2) is 0 Å². The third-order valence-corrected chi connectivity index (χ3v) is 3.02. The zero-order valence-electron chi connectivity index (χ0n) is 8.64. The average Bonchev–Trinajstić information content (AvgIpc) is 2.26. The van der Waals surface area contributed by atoms with Gasteiger partial charge < -0.3 is 0 Å². The molecule has 0 radical (unpaired) electrons. The summed E-state index contributed by atoms with van der Waals surface area (Å²) < 4.78 is 27.7. The third kappa shape index (κ3) is 3.99. The van der Waals surface area contributed by atoms with Gasteiger partial charge in [-0.1, -0.05) is 31.5 Å². The van der Waals surface area contributed by atoms with Crippen molar-refractivity contribution in [3.63, 3.8) is 0 Å². The standard InChI is InChI=1S/C10H15NO3S/c1-2-3-9-11-14-15(12,13)10-7-5-4-6-8-10/h4-8,11H,2-3,9H2,1H3. The molecule has 1 rings (SSSR count). The molecule has 0 atom stereocenters. The summed E-state index contributed by atoms with van der Waals surface area (Å²) in [6.07, 6.45) is 1.87. The van der Waals surface area contributed by atoms with Gasteiger partial charge in [-0.15, -0.1) is 0 Å². The number of benzene rings is 1. The van der Waals surface area contributed by atoms with E-state index >= 15 is 0 Å². The predicted octanol–water partition coefficient (Wildman–Crippen LogP) is 1.70. The fraction of sp³-hybridized carbons (Fsp3) is 0.400. The van der Waals surface area contributed by atoms with E-state index < -0.39 is 10.1 Å². The molecule has 0 fully saturated rings. The van der Waals surface area contributed by atoms with Crippen LogP contribution in [-0.4, -0.2) is 15.0 Å². The normalized spacial score (nSPS) is 11.5. The van der Waals surface area contributed by atoms with Crippen LogP contribution in [0.4, 0.5) is 0 Å². The van der Waals surface area contributed by atoms with Crippen molar-refractivity contribution in [3.05, 3.63) is 30.3 Å². The SMILES string of the molecule is CCCCNOS(=O)(=O)c1ccccc1. The Morgan fingerprint density at radius 3 is 2.53 bits per heavy atom. The number of hydroxylamine groups is 1. The fourth-order valence-electron chi connectivity index (χ4n) is 1.00. The Bertz CT molecular complexity index is 375. The first kappa shape index (κ1) is 12.2. The second kappa shape index (κ2) is 5.85. The maximum Gasteiger partial charge on any atom is 0.312 e. The number of nitrogens with one attached hydrogen (secondary N) is 1. The molecule has 0 aromatic heterocycles. The highest BCUT2D eigenvalue weighted by Gasteiger charge is 2.13. The highest BCUT2D eigenvalue weighted by Crippen LogP contribution is 2.09. The Morgan fingerprint density at radius 1 is 1.27 bits per heavy atom. The minimum Gasteiger partial charge on any atom is -0.192 e. The lowest BCUT2D eigenvalue weighted by Gasteiger charge is -2.05. The first-order valence-electron chi connectivity index (χ1n) is 4.88. The third-order valence-electron chi connectivity index (χ3n) is 1.83. The molecule has 0 saturated heterocycles. The molecule has 0 aliphatic heterocycles. The molecule has 0 unspecified atom stereocenters. The molecular weight excluding hydrogens is 214 g/mol. The minimum absolute atomic E-state index is 0.161. The number of unbranched alkanes of at least 4 members (excludes halogenated alkanes) is 1. The first-order valence-corrected chi connectivity index (χ1v) is 6.29. The van der Waals surface area contributed by atoms with Crippen LogP contribution in [0.1, 0.15) is 19.8 Å². The van der Waals surface area contributed by atoms with Crippen molar-refractivity contribution in [3.8, 4) is 0 Å². The van der Waals surface area contributed by atoms with Crippen molar-refractivity contribution in [2.45, 2.75) is 24.7 Å². The molecule has 4 nitrogen and oxygen atoms in total. The molecule has 1 N–H and O–H groups in total. The topological polar surface area (TPSA) is 55.4 Å². The monoisotopic (exact) mass is 229 g/mol. The van der Waals surface area contributed by atoms with Crippen LogP contribution in [0.3, 0.4) is 0 Å². The molecule has 5 heteroatoms. The maximum atomic E-state index is 11.5. The van der Waals surface area contributed by atoms with Gasteiger partial charge in [-0.05, 0) is 18.6 Å². The molecule has 1 aromatic rings. The summed E-state index contributed by atoms with van der Waals surface area (Å²) in [5.41, 5.74) is 2.44. The molecular formula is C10H15NO3S. The Hall–Kier alpha value is -0.910. The van der Waals surface area contributed by atoms with E-state index in [1.165, 1.54) is 12.1 Å². The molecule has 0 saturated carbocycles. The van der Waals surface area contributed by atoms with Gasteiger partial charge in [0.1, 0.15) is 0 Å². The van der Waals surface area contributed by atoms with E-state index in [2.05, 4.69) is 9.76 Å². The van der Waals surface area contributed by atoms with Crippen LogP contribution in [0, 0.1) is 0 Å². The van der Waals surface area contributed by atoms with E-state index in [1.807, 2.05) is 6.92 Å². The van der Waals surface area contributed by atoms with E-state index in [1.54, 1.807) is 18.2 Å². The Labute approximate surface area is 90.3 Å². The second-order valence-corrected chi connectivity index (χ2v) is 4.64. The largest absolute Gasteiger partial charge is 0.312 e. The highest BCUT2D eigenvalue weighted by atomic mass is 32.2. The first-order chi connectivity index (χ1) is 7.17. The van der Waals surface area contributed by atoms with E-state index in [0.717, 1.165) is 12.8 Å². The van der Waals surface area contributed by atoms with Crippen LogP contribution < -0.4 is 5.48 Å². The summed E-state index contributed by atoms with van der Waals surface area (Å²) in [5.74, 6) is 0. The molecule has 0 aliphatic rings. The summed E-state index contributed by atoms with van der Waals surface area (Å²) in [6.45, 7) is 2.55. The number of hydrogen-bond acceptors (Lipinski definition) is 4. The van der Waals surface area contributed by atoms with Gasteiger partial charge in [0.2, 0.25) is 0 Å². The molecule has 84 valence electrons. The molecule has 0 amide bonds. The van der Waals surface area contributed by atoms with E-state index in [4.69, 9.17) is 0 Å². The van der Waals surface area contributed by atoms with Crippen LogP contribution in [0.25, 0.3) is 0 Å². The Morgan fingerprint density at radius 2 is 1.93 bits per heavy atom. The quantitative estimate of drug-likeness (QED) is 0.596. The van der Waals surface area contributed by atoms with Gasteiger partial charge in [-0.3, -0.25) is 0 Å². The average molecular weight is 229 g/mol. The van der Waals surface area contributed by atoms with Crippen molar-refractivity contribution in [2.75, 3.05) is 6.54 Å². The van der Waals surface area contributed by atoms with Crippen LogP contribution in [0.2, 0.25) is 0 Å². The zero-order valence-corrected chi connectivity index (χ0v) is 9.46.